The summed E-state index contributed by atoms with van der Waals surface area (Å²) in [5.74, 6) is 0. The van der Waals surface area contributed by atoms with Gasteiger partial charge in [0, 0.05) is 30.6 Å². The molecule has 1 saturated heterocycles. The maximum Gasteiger partial charge on any atom is 0.274 e. The number of halogens is 1. The van der Waals surface area contributed by atoms with Gasteiger partial charge in [-0.05, 0) is 18.9 Å². The molecule has 0 amide bonds. The molecular weight excluding hydrogens is 340 g/mol. The highest BCUT2D eigenvalue weighted by Gasteiger charge is 2.23. The second-order valence-electron chi connectivity index (χ2n) is 5.49. The third kappa shape index (κ3) is 4.23. The Morgan fingerprint density at radius 2 is 1.87 bits per heavy atom. The van der Waals surface area contributed by atoms with E-state index in [4.69, 9.17) is 5.14 Å². The molecule has 1 aliphatic rings. The topological polar surface area (TPSA) is 108 Å². The molecule has 0 radical (unpaired) electrons. The van der Waals surface area contributed by atoms with Crippen molar-refractivity contribution < 1.29 is 8.42 Å². The van der Waals surface area contributed by atoms with Crippen LogP contribution in [0, 0.1) is 0 Å². The van der Waals surface area contributed by atoms with Crippen LogP contribution in [-0.2, 0) is 10.2 Å². The average molecular weight is 359 g/mol. The van der Waals surface area contributed by atoms with Crippen LogP contribution < -0.4 is 20.3 Å². The molecular formula is C14H19ClN4O3S. The summed E-state index contributed by atoms with van der Waals surface area (Å²) in [4.78, 5) is 16.7. The standard InChI is InChI=1S/C14H18N4O3S.ClH/c15-22(20,21)17-10-5-7-18(8-6-10)13-9-14(19)16-12-4-2-1-3-11(12)13;/h1-4,9-10,17H,5-8H2,(H,16,19)(H2,15,20,21);1H. The number of fused-ring (bicyclic) bond motifs is 1. The predicted octanol–water partition coefficient (Wildman–Crippen LogP) is 0.712. The van der Waals surface area contributed by atoms with Gasteiger partial charge in [-0.25, -0.2) is 5.14 Å². The van der Waals surface area contributed by atoms with Gasteiger partial charge in [-0.1, -0.05) is 18.2 Å². The molecule has 3 rings (SSSR count). The van der Waals surface area contributed by atoms with Crippen LogP contribution in [0.3, 0.4) is 0 Å². The third-order valence-electron chi connectivity index (χ3n) is 3.90. The van der Waals surface area contributed by atoms with Gasteiger partial charge in [0.25, 0.3) is 10.2 Å². The summed E-state index contributed by atoms with van der Waals surface area (Å²) in [5.41, 5.74) is 1.54. The Morgan fingerprint density at radius 3 is 2.52 bits per heavy atom. The van der Waals surface area contributed by atoms with Crippen molar-refractivity contribution in [1.82, 2.24) is 9.71 Å². The lowest BCUT2D eigenvalue weighted by atomic mass is 10.0. The number of hydrogen-bond acceptors (Lipinski definition) is 4. The Hall–Kier alpha value is -1.61. The number of nitrogens with zero attached hydrogens (tertiary/aromatic N) is 1. The maximum absolute atomic E-state index is 11.8. The number of aromatic nitrogens is 1. The van der Waals surface area contributed by atoms with E-state index in [1.807, 2.05) is 24.3 Å². The number of nitrogens with two attached hydrogens (primary N) is 1. The van der Waals surface area contributed by atoms with E-state index < -0.39 is 10.2 Å². The fourth-order valence-electron chi connectivity index (χ4n) is 2.92. The Labute approximate surface area is 140 Å². The minimum absolute atomic E-state index is 0. The van der Waals surface area contributed by atoms with Crippen LogP contribution >= 0.6 is 12.4 Å². The van der Waals surface area contributed by atoms with Gasteiger partial charge < -0.3 is 9.88 Å². The van der Waals surface area contributed by atoms with Gasteiger partial charge in [0.15, 0.2) is 0 Å². The molecule has 9 heteroatoms. The number of nitrogens with one attached hydrogen (secondary N) is 2. The Kier molecular flexibility index (Phi) is 5.30. The van der Waals surface area contributed by atoms with Crippen LogP contribution in [0.15, 0.2) is 35.1 Å². The van der Waals surface area contributed by atoms with Crippen LogP contribution in [0.5, 0.6) is 0 Å². The predicted molar refractivity (Wildman–Crippen MR) is 93.3 cm³/mol. The average Bonchev–Trinajstić information content (AvgIpc) is 2.45. The first-order chi connectivity index (χ1) is 10.4. The number of benzene rings is 1. The zero-order valence-corrected chi connectivity index (χ0v) is 14.0. The highest BCUT2D eigenvalue weighted by Crippen LogP contribution is 2.26. The van der Waals surface area contributed by atoms with Crippen LogP contribution in [0.25, 0.3) is 10.9 Å². The van der Waals surface area contributed by atoms with Crippen molar-refractivity contribution in [3.8, 4) is 0 Å². The molecule has 0 unspecified atom stereocenters. The van der Waals surface area contributed by atoms with Crippen molar-refractivity contribution >= 4 is 39.2 Å². The van der Waals surface area contributed by atoms with Crippen LogP contribution in [-0.4, -0.2) is 32.5 Å². The van der Waals surface area contributed by atoms with E-state index in [0.29, 0.717) is 25.9 Å². The summed E-state index contributed by atoms with van der Waals surface area (Å²) in [7, 11) is -3.67. The van der Waals surface area contributed by atoms with Crippen LogP contribution in [0.4, 0.5) is 5.69 Å². The van der Waals surface area contributed by atoms with Crippen molar-refractivity contribution in [1.29, 1.82) is 0 Å². The number of piperidine rings is 1. The number of H-pyrrole nitrogens is 1. The lowest BCUT2D eigenvalue weighted by molar-refractivity contribution is 0.461. The molecule has 1 fully saturated rings. The molecule has 0 spiro atoms. The highest BCUT2D eigenvalue weighted by atomic mass is 35.5. The van der Waals surface area contributed by atoms with Crippen molar-refractivity contribution in [3.63, 3.8) is 0 Å². The number of pyridine rings is 1. The largest absolute Gasteiger partial charge is 0.371 e. The fraction of sp³-hybridized carbons (Fsp3) is 0.357. The lowest BCUT2D eigenvalue weighted by Crippen LogP contribution is -2.46. The number of hydrogen-bond donors (Lipinski definition) is 3. The normalized spacial score (nSPS) is 16.3. The quantitative estimate of drug-likeness (QED) is 0.750. The second-order valence-corrected chi connectivity index (χ2v) is 6.81. The maximum atomic E-state index is 11.8. The van der Waals surface area contributed by atoms with E-state index in [1.165, 1.54) is 0 Å². The van der Waals surface area contributed by atoms with E-state index in [-0.39, 0.29) is 24.0 Å². The first-order valence-electron chi connectivity index (χ1n) is 7.09. The SMILES string of the molecule is Cl.NS(=O)(=O)NC1CCN(c2cc(=O)[nH]c3ccccc23)CC1. The summed E-state index contributed by atoms with van der Waals surface area (Å²) in [6, 6.07) is 9.09. The molecule has 1 aliphatic heterocycles. The summed E-state index contributed by atoms with van der Waals surface area (Å²) >= 11 is 0. The van der Waals surface area contributed by atoms with Crippen LogP contribution in [0.1, 0.15) is 12.8 Å². The smallest absolute Gasteiger partial charge is 0.274 e. The zero-order chi connectivity index (χ0) is 15.7. The second kappa shape index (κ2) is 6.88. The number of rotatable bonds is 3. The molecule has 0 saturated carbocycles. The molecule has 0 aliphatic carbocycles. The minimum Gasteiger partial charge on any atom is -0.371 e. The zero-order valence-electron chi connectivity index (χ0n) is 12.4. The van der Waals surface area contributed by atoms with Crippen LogP contribution in [0.2, 0.25) is 0 Å². The molecule has 4 N–H and O–H groups in total. The summed E-state index contributed by atoms with van der Waals surface area (Å²) < 4.78 is 24.6. The van der Waals surface area contributed by atoms with Gasteiger partial charge in [-0.3, -0.25) is 4.79 Å². The first kappa shape index (κ1) is 17.7. The lowest BCUT2D eigenvalue weighted by Gasteiger charge is -2.34. The number of anilines is 1. The number of aromatic amines is 1. The molecule has 1 aromatic heterocycles. The molecule has 7 nitrogen and oxygen atoms in total. The van der Waals surface area contributed by atoms with Gasteiger partial charge in [0.05, 0.1) is 11.2 Å². The number of para-hydroxylation sites is 1. The Morgan fingerprint density at radius 1 is 1.22 bits per heavy atom. The molecule has 2 heterocycles. The monoisotopic (exact) mass is 358 g/mol. The fourth-order valence-corrected chi connectivity index (χ4v) is 3.62. The minimum atomic E-state index is -3.67. The summed E-state index contributed by atoms with van der Waals surface area (Å²) in [6.45, 7) is 1.33. The van der Waals surface area contributed by atoms with Gasteiger partial charge in [-0.15, -0.1) is 12.4 Å². The van der Waals surface area contributed by atoms with E-state index in [9.17, 15) is 13.2 Å². The van der Waals surface area contributed by atoms with Gasteiger partial charge in [0.1, 0.15) is 0 Å². The molecule has 126 valence electrons. The molecule has 0 atom stereocenters. The van der Waals surface area contributed by atoms with Crippen molar-refractivity contribution in [3.05, 3.63) is 40.7 Å². The van der Waals surface area contributed by atoms with Gasteiger partial charge in [-0.2, -0.15) is 13.1 Å². The summed E-state index contributed by atoms with van der Waals surface area (Å²) in [6.07, 6.45) is 1.30. The molecule has 0 bridgehead atoms. The first-order valence-corrected chi connectivity index (χ1v) is 8.64. The van der Waals surface area contributed by atoms with Gasteiger partial charge >= 0.3 is 0 Å². The molecule has 1 aromatic carbocycles. The Balaban J connectivity index is 0.00000192. The van der Waals surface area contributed by atoms with Crippen molar-refractivity contribution in [2.24, 2.45) is 5.14 Å². The van der Waals surface area contributed by atoms with E-state index in [1.54, 1.807) is 6.07 Å². The Bertz CT molecular complexity index is 844. The van der Waals surface area contributed by atoms with Gasteiger partial charge in [0.2, 0.25) is 5.56 Å². The van der Waals surface area contributed by atoms with Crippen molar-refractivity contribution in [2.75, 3.05) is 18.0 Å². The summed E-state index contributed by atoms with van der Waals surface area (Å²) in [5, 5.41) is 5.99. The third-order valence-corrected chi connectivity index (χ3v) is 4.56. The van der Waals surface area contributed by atoms with Crippen molar-refractivity contribution in [2.45, 2.75) is 18.9 Å². The van der Waals surface area contributed by atoms with E-state index in [2.05, 4.69) is 14.6 Å². The molecule has 23 heavy (non-hydrogen) atoms. The van der Waals surface area contributed by atoms with E-state index >= 15 is 0 Å². The highest BCUT2D eigenvalue weighted by molar-refractivity contribution is 7.87. The van der Waals surface area contributed by atoms with E-state index in [0.717, 1.165) is 16.6 Å². The molecule has 2 aromatic rings.